The van der Waals surface area contributed by atoms with E-state index in [0.29, 0.717) is 5.75 Å². The molecule has 0 heterocycles. The highest BCUT2D eigenvalue weighted by atomic mass is 79.9. The average Bonchev–Trinajstić information content (AvgIpc) is 2.51. The lowest BCUT2D eigenvalue weighted by atomic mass is 10.1. The first-order valence-corrected chi connectivity index (χ1v) is 7.92. The summed E-state index contributed by atoms with van der Waals surface area (Å²) in [7, 11) is 1.54. The Hall–Kier alpha value is -1.86. The Balaban J connectivity index is 2.15. The summed E-state index contributed by atoms with van der Waals surface area (Å²) in [5, 5.41) is 2.80. The van der Waals surface area contributed by atoms with Gasteiger partial charge in [-0.2, -0.15) is 8.78 Å². The number of carbonyl (C=O) groups excluding carboxylic acids is 1. The second-order valence-corrected chi connectivity index (χ2v) is 6.01. The summed E-state index contributed by atoms with van der Waals surface area (Å²) >= 11 is 8.99. The van der Waals surface area contributed by atoms with Gasteiger partial charge in [-0.05, 0) is 45.8 Å². The molecule has 8 heteroatoms. The third kappa shape index (κ3) is 5.07. The summed E-state index contributed by atoms with van der Waals surface area (Å²) in [6.45, 7) is -3.03. The molecule has 2 aromatic rings. The lowest BCUT2D eigenvalue weighted by molar-refractivity contribution is -0.115. The molecule has 0 atom stereocenters. The number of rotatable bonds is 6. The Morgan fingerprint density at radius 3 is 2.54 bits per heavy atom. The van der Waals surface area contributed by atoms with Crippen LogP contribution in [0.4, 0.5) is 14.5 Å². The maximum absolute atomic E-state index is 12.5. The first kappa shape index (κ1) is 18.5. The second kappa shape index (κ2) is 8.30. The van der Waals surface area contributed by atoms with Crippen molar-refractivity contribution in [2.75, 3.05) is 12.4 Å². The molecule has 0 saturated carbocycles. The number of alkyl halides is 2. The molecule has 0 saturated heterocycles. The number of amides is 1. The Labute approximate surface area is 150 Å². The number of hydrogen-bond acceptors (Lipinski definition) is 3. The van der Waals surface area contributed by atoms with Gasteiger partial charge < -0.3 is 14.8 Å². The first-order valence-electron chi connectivity index (χ1n) is 6.75. The highest BCUT2D eigenvalue weighted by molar-refractivity contribution is 9.10. The van der Waals surface area contributed by atoms with Crippen molar-refractivity contribution in [2.45, 2.75) is 13.0 Å². The normalized spacial score (nSPS) is 10.6. The number of hydrogen-bond donors (Lipinski definition) is 1. The molecule has 1 N–H and O–H groups in total. The van der Waals surface area contributed by atoms with Crippen LogP contribution in [0.3, 0.4) is 0 Å². The molecule has 0 spiro atoms. The second-order valence-electron chi connectivity index (χ2n) is 4.72. The molecule has 0 fully saturated rings. The summed E-state index contributed by atoms with van der Waals surface area (Å²) in [6.07, 6.45) is 0.0578. The van der Waals surface area contributed by atoms with Crippen molar-refractivity contribution in [3.8, 4) is 11.5 Å². The number of methoxy groups -OCH3 is 1. The Morgan fingerprint density at radius 2 is 1.96 bits per heavy atom. The lowest BCUT2D eigenvalue weighted by Gasteiger charge is -2.14. The summed E-state index contributed by atoms with van der Waals surface area (Å²) in [4.78, 5) is 12.2. The highest BCUT2D eigenvalue weighted by Crippen LogP contribution is 2.37. The minimum Gasteiger partial charge on any atom is -0.497 e. The van der Waals surface area contributed by atoms with E-state index in [1.165, 1.54) is 12.1 Å². The Morgan fingerprint density at radius 1 is 1.29 bits per heavy atom. The third-order valence-corrected chi connectivity index (χ3v) is 3.82. The van der Waals surface area contributed by atoms with Gasteiger partial charge in [0.1, 0.15) is 5.75 Å². The van der Waals surface area contributed by atoms with Crippen molar-refractivity contribution in [1.82, 2.24) is 0 Å². The van der Waals surface area contributed by atoms with Crippen LogP contribution in [0.15, 0.2) is 40.9 Å². The highest BCUT2D eigenvalue weighted by Gasteiger charge is 2.17. The summed E-state index contributed by atoms with van der Waals surface area (Å²) in [5.41, 5.74) is 0.805. The molecule has 0 aliphatic heterocycles. The number of nitrogens with one attached hydrogen (secondary N) is 1. The van der Waals surface area contributed by atoms with E-state index in [0.717, 1.165) is 5.56 Å². The van der Waals surface area contributed by atoms with E-state index in [2.05, 4.69) is 26.0 Å². The van der Waals surface area contributed by atoms with Crippen LogP contribution < -0.4 is 14.8 Å². The van der Waals surface area contributed by atoms with Crippen LogP contribution in [-0.4, -0.2) is 19.6 Å². The van der Waals surface area contributed by atoms with Crippen LogP contribution in [0.5, 0.6) is 11.5 Å². The third-order valence-electron chi connectivity index (χ3n) is 3.01. The molecular weight excluding hydrogens is 408 g/mol. The zero-order valence-electron chi connectivity index (χ0n) is 12.5. The van der Waals surface area contributed by atoms with Crippen molar-refractivity contribution >= 4 is 39.1 Å². The predicted octanol–water partition coefficient (Wildman–Crippen LogP) is 4.89. The van der Waals surface area contributed by atoms with Gasteiger partial charge in [0.15, 0.2) is 5.75 Å². The average molecular weight is 421 g/mol. The SMILES string of the molecule is COc1ccc(CC(=O)Nc2cc(Cl)cc(Br)c2OC(F)F)cc1. The van der Waals surface area contributed by atoms with Gasteiger partial charge in [0.2, 0.25) is 5.91 Å². The summed E-state index contributed by atoms with van der Waals surface area (Å²) in [6, 6.07) is 9.67. The molecule has 4 nitrogen and oxygen atoms in total. The number of benzene rings is 2. The fourth-order valence-corrected chi connectivity index (χ4v) is 2.89. The van der Waals surface area contributed by atoms with Gasteiger partial charge in [0.05, 0.1) is 23.7 Å². The van der Waals surface area contributed by atoms with Crippen molar-refractivity contribution < 1.29 is 23.0 Å². The van der Waals surface area contributed by atoms with E-state index < -0.39 is 12.5 Å². The van der Waals surface area contributed by atoms with Gasteiger partial charge in [0.25, 0.3) is 0 Å². The zero-order valence-corrected chi connectivity index (χ0v) is 14.8. The molecule has 2 aromatic carbocycles. The molecule has 0 aliphatic carbocycles. The van der Waals surface area contributed by atoms with Crippen molar-refractivity contribution in [2.24, 2.45) is 0 Å². The maximum Gasteiger partial charge on any atom is 0.387 e. The number of halogens is 4. The van der Waals surface area contributed by atoms with E-state index >= 15 is 0 Å². The van der Waals surface area contributed by atoms with Crippen molar-refractivity contribution in [3.05, 3.63) is 51.5 Å². The molecule has 0 aliphatic rings. The van der Waals surface area contributed by atoms with E-state index in [-0.39, 0.29) is 27.4 Å². The molecule has 2 rings (SSSR count). The fraction of sp³-hybridized carbons (Fsp3) is 0.188. The van der Waals surface area contributed by atoms with Gasteiger partial charge in [-0.25, -0.2) is 0 Å². The molecule has 0 unspecified atom stereocenters. The molecule has 24 heavy (non-hydrogen) atoms. The van der Waals surface area contributed by atoms with Crippen molar-refractivity contribution in [1.29, 1.82) is 0 Å². The van der Waals surface area contributed by atoms with Gasteiger partial charge in [-0.15, -0.1) is 0 Å². The van der Waals surface area contributed by atoms with Crippen LogP contribution >= 0.6 is 27.5 Å². The molecule has 0 radical (unpaired) electrons. The van der Waals surface area contributed by atoms with Gasteiger partial charge in [-0.3, -0.25) is 4.79 Å². The minimum atomic E-state index is -3.03. The van der Waals surface area contributed by atoms with Gasteiger partial charge in [-0.1, -0.05) is 23.7 Å². The van der Waals surface area contributed by atoms with Crippen LogP contribution in [0.2, 0.25) is 5.02 Å². The van der Waals surface area contributed by atoms with E-state index in [1.807, 2.05) is 0 Å². The monoisotopic (exact) mass is 419 g/mol. The van der Waals surface area contributed by atoms with Gasteiger partial charge >= 0.3 is 6.61 Å². The summed E-state index contributed by atoms with van der Waals surface area (Å²) < 4.78 is 34.8. The van der Waals surface area contributed by atoms with Gasteiger partial charge in [0, 0.05) is 5.02 Å². The lowest BCUT2D eigenvalue weighted by Crippen LogP contribution is -2.16. The van der Waals surface area contributed by atoms with E-state index in [4.69, 9.17) is 16.3 Å². The number of ether oxygens (including phenoxy) is 2. The van der Waals surface area contributed by atoms with Crippen LogP contribution in [0.1, 0.15) is 5.56 Å². The number of carbonyl (C=O) groups is 1. The largest absolute Gasteiger partial charge is 0.497 e. The minimum absolute atomic E-state index is 0.0578. The fourth-order valence-electron chi connectivity index (χ4n) is 1.99. The number of anilines is 1. The topological polar surface area (TPSA) is 47.6 Å². The standard InChI is InChI=1S/C16H13BrClF2NO3/c1-23-11-4-2-9(3-5-11)6-14(22)21-13-8-10(18)7-12(17)15(13)24-16(19)20/h2-5,7-8,16H,6H2,1H3,(H,21,22). The van der Waals surface area contributed by atoms with Crippen LogP contribution in [0, 0.1) is 0 Å². The van der Waals surface area contributed by atoms with Crippen molar-refractivity contribution in [3.63, 3.8) is 0 Å². The van der Waals surface area contributed by atoms with E-state index in [1.54, 1.807) is 31.4 Å². The molecule has 0 bridgehead atoms. The molecular formula is C16H13BrClF2NO3. The van der Waals surface area contributed by atoms with Crippen LogP contribution in [0.25, 0.3) is 0 Å². The summed E-state index contributed by atoms with van der Waals surface area (Å²) in [5.74, 6) is 0.0940. The quantitative estimate of drug-likeness (QED) is 0.723. The molecule has 1 amide bonds. The van der Waals surface area contributed by atoms with E-state index in [9.17, 15) is 13.6 Å². The Bertz CT molecular complexity index is 726. The molecule has 0 aromatic heterocycles. The first-order chi connectivity index (χ1) is 11.4. The Kier molecular flexibility index (Phi) is 6.39. The van der Waals surface area contributed by atoms with Crippen LogP contribution in [-0.2, 0) is 11.2 Å². The zero-order chi connectivity index (χ0) is 17.7. The maximum atomic E-state index is 12.5. The molecule has 128 valence electrons. The predicted molar refractivity (Wildman–Crippen MR) is 91.1 cm³/mol. The smallest absolute Gasteiger partial charge is 0.387 e.